The highest BCUT2D eigenvalue weighted by atomic mass is 16.2. The van der Waals surface area contributed by atoms with Crippen LogP contribution in [0.1, 0.15) is 18.6 Å². The molecule has 1 N–H and O–H groups in total. The first-order valence-electron chi connectivity index (χ1n) is 3.43. The summed E-state index contributed by atoms with van der Waals surface area (Å²) in [7, 11) is 0. The van der Waals surface area contributed by atoms with Crippen LogP contribution in [0.2, 0.25) is 0 Å². The van der Waals surface area contributed by atoms with Crippen LogP contribution in [0.4, 0.5) is 5.69 Å². The van der Waals surface area contributed by atoms with E-state index in [9.17, 15) is 9.59 Å². The van der Waals surface area contributed by atoms with Crippen LogP contribution in [0.25, 0.3) is 0 Å². The average molecular weight is 167 g/mol. The second kappa shape index (κ2) is 3.17. The van der Waals surface area contributed by atoms with E-state index in [2.05, 4.69) is 10.4 Å². The fourth-order valence-corrected chi connectivity index (χ4v) is 0.763. The Bertz CT molecular complexity index is 316. The van der Waals surface area contributed by atoms with E-state index in [4.69, 9.17) is 0 Å². The van der Waals surface area contributed by atoms with Crippen LogP contribution < -0.4 is 5.32 Å². The highest BCUT2D eigenvalue weighted by molar-refractivity contribution is 5.88. The van der Waals surface area contributed by atoms with Crippen molar-refractivity contribution < 1.29 is 9.59 Å². The third kappa shape index (κ3) is 1.91. The van der Waals surface area contributed by atoms with Crippen molar-refractivity contribution in [2.75, 3.05) is 5.32 Å². The van der Waals surface area contributed by atoms with E-state index < -0.39 is 0 Å². The molecule has 0 bridgehead atoms. The van der Waals surface area contributed by atoms with Gasteiger partial charge in [0.2, 0.25) is 11.8 Å². The Hall–Kier alpha value is -1.65. The van der Waals surface area contributed by atoms with Gasteiger partial charge in [-0.05, 0) is 0 Å². The van der Waals surface area contributed by atoms with E-state index in [-0.39, 0.29) is 11.8 Å². The smallest absolute Gasteiger partial charge is 0.243 e. The minimum Gasteiger partial charge on any atom is -0.324 e. The lowest BCUT2D eigenvalue weighted by atomic mass is 10.5. The van der Waals surface area contributed by atoms with Crippen molar-refractivity contribution in [2.45, 2.75) is 13.8 Å². The monoisotopic (exact) mass is 167 g/mol. The number of hydrogen-bond acceptors (Lipinski definition) is 3. The van der Waals surface area contributed by atoms with Gasteiger partial charge in [0.1, 0.15) is 0 Å². The van der Waals surface area contributed by atoms with E-state index in [1.165, 1.54) is 26.2 Å². The van der Waals surface area contributed by atoms with Gasteiger partial charge in [0.25, 0.3) is 0 Å². The summed E-state index contributed by atoms with van der Waals surface area (Å²) in [4.78, 5) is 21.3. The number of anilines is 1. The van der Waals surface area contributed by atoms with Crippen LogP contribution in [0.5, 0.6) is 0 Å². The highest BCUT2D eigenvalue weighted by Crippen LogP contribution is 2.03. The molecule has 0 aromatic carbocycles. The van der Waals surface area contributed by atoms with Gasteiger partial charge in [-0.25, -0.2) is 4.68 Å². The second-order valence-electron chi connectivity index (χ2n) is 2.37. The maximum absolute atomic E-state index is 10.7. The molecule has 0 unspecified atom stereocenters. The molecule has 0 saturated heterocycles. The summed E-state index contributed by atoms with van der Waals surface area (Å²) in [6, 6.07) is 0. The first-order chi connectivity index (χ1) is 5.59. The molecular weight excluding hydrogens is 158 g/mol. The number of nitrogens with one attached hydrogen (secondary N) is 1. The molecule has 1 heterocycles. The molecule has 1 amide bonds. The van der Waals surface area contributed by atoms with Crippen molar-refractivity contribution in [3.63, 3.8) is 0 Å². The van der Waals surface area contributed by atoms with Gasteiger partial charge in [-0.2, -0.15) is 5.10 Å². The Morgan fingerprint density at radius 1 is 1.50 bits per heavy atom. The first kappa shape index (κ1) is 8.45. The van der Waals surface area contributed by atoms with Gasteiger partial charge in [0.15, 0.2) is 0 Å². The van der Waals surface area contributed by atoms with Gasteiger partial charge in [0, 0.05) is 13.8 Å². The van der Waals surface area contributed by atoms with Crippen molar-refractivity contribution in [3.05, 3.63) is 12.4 Å². The van der Waals surface area contributed by atoms with Gasteiger partial charge < -0.3 is 5.32 Å². The van der Waals surface area contributed by atoms with E-state index in [1.807, 2.05) is 0 Å². The zero-order chi connectivity index (χ0) is 9.14. The third-order valence-electron chi connectivity index (χ3n) is 1.23. The maximum atomic E-state index is 10.7. The summed E-state index contributed by atoms with van der Waals surface area (Å²) in [5, 5.41) is 6.23. The Kier molecular flexibility index (Phi) is 2.23. The Balaban J connectivity index is 2.77. The van der Waals surface area contributed by atoms with Gasteiger partial charge in [-0.15, -0.1) is 0 Å². The lowest BCUT2D eigenvalue weighted by molar-refractivity contribution is -0.114. The second-order valence-corrected chi connectivity index (χ2v) is 2.37. The highest BCUT2D eigenvalue weighted by Gasteiger charge is 2.01. The van der Waals surface area contributed by atoms with E-state index in [0.717, 1.165) is 4.68 Å². The number of rotatable bonds is 1. The number of nitrogens with zero attached hydrogens (tertiary/aromatic N) is 2. The fraction of sp³-hybridized carbons (Fsp3) is 0.286. The Labute approximate surface area is 69.4 Å². The average Bonchev–Trinajstić information content (AvgIpc) is 2.34. The molecule has 5 nitrogen and oxygen atoms in total. The lowest BCUT2D eigenvalue weighted by Gasteiger charge is -1.93. The fourth-order valence-electron chi connectivity index (χ4n) is 0.763. The quantitative estimate of drug-likeness (QED) is 0.662. The SMILES string of the molecule is CC(=O)Nc1cnn(C(C)=O)c1. The molecule has 1 rings (SSSR count). The van der Waals surface area contributed by atoms with Crippen molar-refractivity contribution in [1.82, 2.24) is 9.78 Å². The standard InChI is InChI=1S/C7H9N3O2/c1-5(11)9-7-3-8-10(4-7)6(2)12/h3-4H,1-2H3,(H,9,11). The number of carbonyl (C=O) groups excluding carboxylic acids is 2. The predicted octanol–water partition coefficient (Wildman–Crippen LogP) is 0.502. The van der Waals surface area contributed by atoms with E-state index in [0.29, 0.717) is 5.69 Å². The largest absolute Gasteiger partial charge is 0.324 e. The molecular formula is C7H9N3O2. The van der Waals surface area contributed by atoms with Gasteiger partial charge in [-0.1, -0.05) is 0 Å². The minimum absolute atomic E-state index is 0.182. The van der Waals surface area contributed by atoms with Gasteiger partial charge in [0.05, 0.1) is 18.1 Å². The molecule has 0 fully saturated rings. The summed E-state index contributed by atoms with van der Waals surface area (Å²) in [5.74, 6) is -0.371. The first-order valence-corrected chi connectivity index (χ1v) is 3.43. The zero-order valence-electron chi connectivity index (χ0n) is 6.87. The summed E-state index contributed by atoms with van der Waals surface area (Å²) in [6.45, 7) is 2.79. The van der Waals surface area contributed by atoms with Crippen molar-refractivity contribution in [2.24, 2.45) is 0 Å². The van der Waals surface area contributed by atoms with Crippen LogP contribution in [-0.4, -0.2) is 21.6 Å². The minimum atomic E-state index is -0.188. The summed E-state index contributed by atoms with van der Waals surface area (Å²) in [5.41, 5.74) is 0.526. The molecule has 0 aliphatic rings. The topological polar surface area (TPSA) is 64.0 Å². The molecule has 0 atom stereocenters. The van der Waals surface area contributed by atoms with E-state index in [1.54, 1.807) is 0 Å². The maximum Gasteiger partial charge on any atom is 0.243 e. The van der Waals surface area contributed by atoms with Crippen molar-refractivity contribution >= 4 is 17.5 Å². The molecule has 64 valence electrons. The summed E-state index contributed by atoms with van der Waals surface area (Å²) in [6.07, 6.45) is 2.88. The Morgan fingerprint density at radius 2 is 2.17 bits per heavy atom. The van der Waals surface area contributed by atoms with Crippen molar-refractivity contribution in [1.29, 1.82) is 0 Å². The Morgan fingerprint density at radius 3 is 2.58 bits per heavy atom. The third-order valence-corrected chi connectivity index (χ3v) is 1.23. The molecule has 0 spiro atoms. The van der Waals surface area contributed by atoms with Crippen LogP contribution >= 0.6 is 0 Å². The molecule has 0 aliphatic carbocycles. The van der Waals surface area contributed by atoms with Gasteiger partial charge in [-0.3, -0.25) is 9.59 Å². The van der Waals surface area contributed by atoms with Gasteiger partial charge >= 0.3 is 0 Å². The molecule has 5 heteroatoms. The number of carbonyl (C=O) groups is 2. The zero-order valence-corrected chi connectivity index (χ0v) is 6.87. The lowest BCUT2D eigenvalue weighted by Crippen LogP contribution is -2.06. The van der Waals surface area contributed by atoms with Crippen molar-refractivity contribution in [3.8, 4) is 0 Å². The summed E-state index contributed by atoms with van der Waals surface area (Å²) >= 11 is 0. The number of hydrogen-bond donors (Lipinski definition) is 1. The molecule has 1 aromatic heterocycles. The van der Waals surface area contributed by atoms with E-state index >= 15 is 0 Å². The summed E-state index contributed by atoms with van der Waals surface area (Å²) < 4.78 is 1.16. The van der Waals surface area contributed by atoms with Crippen LogP contribution in [0.15, 0.2) is 12.4 Å². The molecule has 1 aromatic rings. The molecule has 0 radical (unpaired) electrons. The van der Waals surface area contributed by atoms with Crippen LogP contribution in [-0.2, 0) is 4.79 Å². The number of aromatic nitrogens is 2. The van der Waals surface area contributed by atoms with Crippen LogP contribution in [0.3, 0.4) is 0 Å². The predicted molar refractivity (Wildman–Crippen MR) is 42.8 cm³/mol. The van der Waals surface area contributed by atoms with Crippen LogP contribution in [0, 0.1) is 0 Å². The normalized spacial score (nSPS) is 9.50. The number of amides is 1. The molecule has 12 heavy (non-hydrogen) atoms. The molecule has 0 aliphatic heterocycles. The molecule has 0 saturated carbocycles.